The maximum Gasteiger partial charge on any atom is 0.335 e. The van der Waals surface area contributed by atoms with Gasteiger partial charge in [0, 0.05) is 44.0 Å². The van der Waals surface area contributed by atoms with Crippen LogP contribution in [0, 0.1) is 0 Å². The molecule has 0 saturated carbocycles. The van der Waals surface area contributed by atoms with Gasteiger partial charge in [0.15, 0.2) is 5.72 Å². The van der Waals surface area contributed by atoms with Crippen LogP contribution < -0.4 is 20.5 Å². The van der Waals surface area contributed by atoms with Crippen molar-refractivity contribution in [3.05, 3.63) is 107 Å². The van der Waals surface area contributed by atoms with Crippen molar-refractivity contribution in [2.45, 2.75) is 22.4 Å². The highest BCUT2D eigenvalue weighted by Gasteiger charge is 2.33. The van der Waals surface area contributed by atoms with Gasteiger partial charge in [0.25, 0.3) is 11.8 Å². The van der Waals surface area contributed by atoms with Crippen molar-refractivity contribution in [3.63, 3.8) is 0 Å². The Kier molecular flexibility index (Phi) is 7.18. The molecule has 2 heterocycles. The van der Waals surface area contributed by atoms with E-state index in [1.807, 2.05) is 0 Å². The molecule has 13 nitrogen and oxygen atoms in total. The number of carboxylic acids is 1. The molecule has 2 amide bonds. The fourth-order valence-corrected chi connectivity index (χ4v) is 7.71. The Morgan fingerprint density at radius 3 is 1.85 bits per heavy atom. The van der Waals surface area contributed by atoms with Gasteiger partial charge in [-0.05, 0) is 61.0 Å². The van der Waals surface area contributed by atoms with Crippen LogP contribution in [0.5, 0.6) is 0 Å². The Bertz CT molecular complexity index is 2370. The van der Waals surface area contributed by atoms with E-state index in [0.29, 0.717) is 44.0 Å². The predicted octanol–water partition coefficient (Wildman–Crippen LogP) is 3.30. The molecule has 2 aliphatic heterocycles. The molecule has 5 aromatic carbocycles. The van der Waals surface area contributed by atoms with Crippen molar-refractivity contribution < 1.29 is 41.4 Å². The lowest BCUT2D eigenvalue weighted by Gasteiger charge is -2.25. The van der Waals surface area contributed by atoms with Crippen LogP contribution in [0.2, 0.25) is 0 Å². The minimum Gasteiger partial charge on any atom is -0.478 e. The van der Waals surface area contributed by atoms with E-state index in [9.17, 15) is 36.3 Å². The van der Waals surface area contributed by atoms with Gasteiger partial charge < -0.3 is 20.8 Å². The van der Waals surface area contributed by atoms with Crippen LogP contribution in [0.3, 0.4) is 0 Å². The number of amides is 2. The molecule has 0 aliphatic carbocycles. The number of benzene rings is 5. The molecule has 234 valence electrons. The Labute approximate surface area is 261 Å². The van der Waals surface area contributed by atoms with Crippen LogP contribution in [-0.4, -0.2) is 44.8 Å². The number of rotatable bonds is 6. The van der Waals surface area contributed by atoms with Crippen LogP contribution in [0.1, 0.15) is 43.6 Å². The molecule has 5 aromatic rings. The zero-order valence-electron chi connectivity index (χ0n) is 23.7. The third-order valence-corrected chi connectivity index (χ3v) is 10.2. The van der Waals surface area contributed by atoms with Crippen molar-refractivity contribution in [2.24, 2.45) is 5.14 Å². The Hall–Kier alpha value is -5.19. The summed E-state index contributed by atoms with van der Waals surface area (Å²) >= 11 is 0. The molecule has 7 rings (SSSR count). The van der Waals surface area contributed by atoms with Crippen LogP contribution in [0.4, 0.5) is 11.4 Å². The van der Waals surface area contributed by atoms with E-state index in [1.165, 1.54) is 55.5 Å². The molecular formula is C31H24N4O9S2. The van der Waals surface area contributed by atoms with Crippen LogP contribution in [-0.2, 0) is 25.8 Å². The molecule has 46 heavy (non-hydrogen) atoms. The first-order chi connectivity index (χ1) is 21.6. The predicted molar refractivity (Wildman–Crippen MR) is 168 cm³/mol. The van der Waals surface area contributed by atoms with Gasteiger partial charge in [0.05, 0.1) is 15.4 Å². The largest absolute Gasteiger partial charge is 0.478 e. The summed E-state index contributed by atoms with van der Waals surface area (Å²) in [6.45, 7) is 1.26. The zero-order chi connectivity index (χ0) is 33.2. The summed E-state index contributed by atoms with van der Waals surface area (Å²) in [5.74, 6) is -1.66. The lowest BCUT2D eigenvalue weighted by molar-refractivity contribution is 0.0450. The average Bonchev–Trinajstić information content (AvgIpc) is 3.50. The first-order valence-corrected chi connectivity index (χ1v) is 16.5. The quantitative estimate of drug-likeness (QED) is 0.147. The summed E-state index contributed by atoms with van der Waals surface area (Å²) in [7, 11) is -7.99. The van der Waals surface area contributed by atoms with Gasteiger partial charge in [-0.25, -0.2) is 26.8 Å². The topological polar surface area (TPSA) is 222 Å². The van der Waals surface area contributed by atoms with Crippen molar-refractivity contribution in [1.82, 2.24) is 4.72 Å². The minimum absolute atomic E-state index is 0.0112. The maximum absolute atomic E-state index is 13.1. The standard InChI is InChI=1S/C20H16N2O6S.C11H8N2O3S/c1-20(26,12-7-5-11(6-8-12)19(24)25)22-29(27,28)16-10-9-15-17-13(16)3-2-4-14(17)18(23)21-15;12-17(15,16)9-5-4-7-10-6(9)2-1-3-8(10)13-11(7)14/h2-10,22,26H,1H3,(H,21,23)(H,24,25);1-5H,(H,13,14)(H2,12,15,16). The molecule has 0 aromatic heterocycles. The fourth-order valence-electron chi connectivity index (χ4n) is 5.52. The molecule has 0 saturated heterocycles. The number of aliphatic hydroxyl groups is 1. The maximum atomic E-state index is 13.1. The molecule has 0 fully saturated rings. The van der Waals surface area contributed by atoms with Crippen LogP contribution in [0.15, 0.2) is 94.7 Å². The molecule has 0 bridgehead atoms. The smallest absolute Gasteiger partial charge is 0.335 e. The van der Waals surface area contributed by atoms with E-state index in [4.69, 9.17) is 10.2 Å². The highest BCUT2D eigenvalue weighted by molar-refractivity contribution is 7.90. The Morgan fingerprint density at radius 2 is 1.26 bits per heavy atom. The molecule has 1 atom stereocenters. The van der Waals surface area contributed by atoms with Gasteiger partial charge in [-0.1, -0.05) is 36.4 Å². The van der Waals surface area contributed by atoms with Crippen molar-refractivity contribution in [1.29, 1.82) is 0 Å². The monoisotopic (exact) mass is 660 g/mol. The first-order valence-electron chi connectivity index (χ1n) is 13.5. The fraction of sp³-hybridized carbons (Fsp3) is 0.0645. The van der Waals surface area contributed by atoms with Crippen molar-refractivity contribution >= 4 is 70.7 Å². The molecule has 2 aliphatic rings. The van der Waals surface area contributed by atoms with E-state index in [0.717, 1.165) is 0 Å². The van der Waals surface area contributed by atoms with Gasteiger partial charge >= 0.3 is 5.97 Å². The number of primary sulfonamides is 1. The number of sulfonamides is 2. The van der Waals surface area contributed by atoms with Gasteiger partial charge in [0.1, 0.15) is 0 Å². The third-order valence-electron chi connectivity index (χ3n) is 7.61. The number of nitrogens with one attached hydrogen (secondary N) is 3. The number of aromatic carboxylic acids is 1. The molecule has 0 radical (unpaired) electrons. The summed E-state index contributed by atoms with van der Waals surface area (Å²) in [6, 6.07) is 20.8. The molecule has 15 heteroatoms. The number of carboxylic acid groups (broad SMARTS) is 1. The average molecular weight is 661 g/mol. The number of nitrogens with two attached hydrogens (primary N) is 1. The number of hydrogen-bond acceptors (Lipinski definition) is 8. The SMILES string of the molecule is CC(O)(NS(=O)(=O)c1ccc2c3c(cccc13)C(=O)N2)c1ccc(C(=O)O)cc1.NS(=O)(=O)c1ccc2c3c(cccc13)NC2=O. The first kappa shape index (κ1) is 30.8. The van der Waals surface area contributed by atoms with Crippen molar-refractivity contribution in [3.8, 4) is 0 Å². The minimum atomic E-state index is -4.20. The second-order valence-corrected chi connectivity index (χ2v) is 13.9. The molecular weight excluding hydrogens is 636 g/mol. The summed E-state index contributed by atoms with van der Waals surface area (Å²) in [5.41, 5.74) is 0.190. The van der Waals surface area contributed by atoms with E-state index >= 15 is 0 Å². The van der Waals surface area contributed by atoms with Gasteiger partial charge in [-0.3, -0.25) is 9.59 Å². The van der Waals surface area contributed by atoms with E-state index in [1.54, 1.807) is 36.4 Å². The lowest BCUT2D eigenvalue weighted by atomic mass is 10.0. The molecule has 1 unspecified atom stereocenters. The highest BCUT2D eigenvalue weighted by Crippen LogP contribution is 2.38. The second-order valence-electron chi connectivity index (χ2n) is 10.7. The van der Waals surface area contributed by atoms with E-state index in [2.05, 4.69) is 15.4 Å². The summed E-state index contributed by atoms with van der Waals surface area (Å²) in [4.78, 5) is 34.6. The second kappa shape index (κ2) is 10.7. The van der Waals surface area contributed by atoms with E-state index < -0.39 is 31.7 Å². The van der Waals surface area contributed by atoms with E-state index in [-0.39, 0.29) is 32.7 Å². The van der Waals surface area contributed by atoms with Gasteiger partial charge in [0.2, 0.25) is 20.0 Å². The normalized spacial score (nSPS) is 14.8. The Balaban J connectivity index is 0.000000185. The zero-order valence-corrected chi connectivity index (χ0v) is 25.4. The summed E-state index contributed by atoms with van der Waals surface area (Å²) in [6.07, 6.45) is 0. The van der Waals surface area contributed by atoms with Gasteiger partial charge in [-0.2, -0.15) is 4.72 Å². The number of hydrogen-bond donors (Lipinski definition) is 6. The number of carbonyl (C=O) groups excluding carboxylic acids is 2. The van der Waals surface area contributed by atoms with Crippen LogP contribution in [0.25, 0.3) is 21.5 Å². The number of carbonyl (C=O) groups is 3. The summed E-state index contributed by atoms with van der Waals surface area (Å²) in [5, 5.41) is 32.2. The highest BCUT2D eigenvalue weighted by atomic mass is 32.2. The van der Waals surface area contributed by atoms with Crippen LogP contribution >= 0.6 is 0 Å². The van der Waals surface area contributed by atoms with Crippen molar-refractivity contribution in [2.75, 3.05) is 10.6 Å². The van der Waals surface area contributed by atoms with Gasteiger partial charge in [-0.15, -0.1) is 0 Å². The lowest BCUT2D eigenvalue weighted by Crippen LogP contribution is -2.43. The third kappa shape index (κ3) is 5.25. The number of anilines is 2. The molecule has 0 spiro atoms. The summed E-state index contributed by atoms with van der Waals surface area (Å²) < 4.78 is 51.3. The molecule has 7 N–H and O–H groups in total. The Morgan fingerprint density at radius 1 is 0.739 bits per heavy atom.